The van der Waals surface area contributed by atoms with Crippen LogP contribution in [0.3, 0.4) is 0 Å². The lowest BCUT2D eigenvalue weighted by atomic mass is 9.99. The van der Waals surface area contributed by atoms with Gasteiger partial charge < -0.3 is 0 Å². The largest absolute Gasteiger partial charge is 0.192 e. The second-order valence-corrected chi connectivity index (χ2v) is 8.85. The summed E-state index contributed by atoms with van der Waals surface area (Å²) >= 11 is 3.17. The minimum Gasteiger partial charge on any atom is -0.192 e. The van der Waals surface area contributed by atoms with Gasteiger partial charge in [0.25, 0.3) is 0 Å². The first-order valence-corrected chi connectivity index (χ1v) is 9.90. The van der Waals surface area contributed by atoms with E-state index < -0.39 is 0 Å². The number of rotatable bonds is 0. The zero-order chi connectivity index (χ0) is 20.0. The van der Waals surface area contributed by atoms with Crippen molar-refractivity contribution in [3.63, 3.8) is 0 Å². The summed E-state index contributed by atoms with van der Waals surface area (Å²) in [6.45, 7) is 3.96. The Labute approximate surface area is 168 Å². The molecule has 4 rings (SSSR count). The molecule has 0 bridgehead atoms. The first-order valence-electron chi connectivity index (χ1n) is 8.27. The molecule has 0 unspecified atom stereocenters. The summed E-state index contributed by atoms with van der Waals surface area (Å²) in [5, 5.41) is 42.6. The van der Waals surface area contributed by atoms with E-state index >= 15 is 0 Å². The lowest BCUT2D eigenvalue weighted by molar-refractivity contribution is 1.50. The van der Waals surface area contributed by atoms with E-state index in [2.05, 4.69) is 0 Å². The highest BCUT2D eigenvalue weighted by Crippen LogP contribution is 2.36. The molecule has 0 saturated carbocycles. The quantitative estimate of drug-likeness (QED) is 0.445. The first-order chi connectivity index (χ1) is 13.5. The fourth-order valence-corrected chi connectivity index (χ4v) is 5.62. The van der Waals surface area contributed by atoms with Crippen LogP contribution in [0.2, 0.25) is 0 Å². The Hall–Kier alpha value is -3.68. The van der Waals surface area contributed by atoms with Gasteiger partial charge in [-0.3, -0.25) is 0 Å². The second kappa shape index (κ2) is 6.49. The molecule has 2 aromatic heterocycles. The summed E-state index contributed by atoms with van der Waals surface area (Å²) in [4.78, 5) is 2.13. The number of nitrogens with zero attached hydrogens (tertiary/aromatic N) is 4. The third-order valence-corrected chi connectivity index (χ3v) is 6.80. The van der Waals surface area contributed by atoms with Gasteiger partial charge in [-0.15, -0.1) is 22.7 Å². The third-order valence-electron chi connectivity index (χ3n) is 4.63. The summed E-state index contributed by atoms with van der Waals surface area (Å²) in [7, 11) is 0. The van der Waals surface area contributed by atoms with E-state index in [1.807, 2.05) is 62.4 Å². The van der Waals surface area contributed by atoms with Crippen LogP contribution in [0.4, 0.5) is 0 Å². The van der Waals surface area contributed by atoms with Crippen LogP contribution < -0.4 is 10.4 Å². The van der Waals surface area contributed by atoms with E-state index in [9.17, 15) is 21.0 Å². The first kappa shape index (κ1) is 17.7. The van der Waals surface area contributed by atoms with Crippen LogP contribution in [0.5, 0.6) is 0 Å². The molecule has 0 amide bonds. The molecule has 4 aromatic rings. The van der Waals surface area contributed by atoms with Crippen molar-refractivity contribution in [1.29, 1.82) is 21.0 Å². The van der Waals surface area contributed by atoms with Crippen molar-refractivity contribution in [2.45, 2.75) is 13.8 Å². The van der Waals surface area contributed by atoms with Crippen LogP contribution in [0.25, 0.3) is 42.1 Å². The molecular formula is C22H10N4S2. The minimum absolute atomic E-state index is 0.0801. The van der Waals surface area contributed by atoms with Crippen LogP contribution in [-0.4, -0.2) is 0 Å². The maximum absolute atomic E-state index is 9.44. The number of hydrogen-bond acceptors (Lipinski definition) is 6. The standard InChI is InChI=1S/C22H10N4S2/c1-11-3-17-15(13(7-23)8-24)5-20-19(21(17)27-11)6-16(14(9-25)10-26)18-4-12(2)28-22(18)20/h3-6H,1-2H3. The van der Waals surface area contributed by atoms with Crippen LogP contribution in [0.1, 0.15) is 9.75 Å². The van der Waals surface area contributed by atoms with E-state index in [0.717, 1.165) is 40.7 Å². The predicted molar refractivity (Wildman–Crippen MR) is 113 cm³/mol. The fraction of sp³-hybridized carbons (Fsp3) is 0.0909. The Bertz CT molecular complexity index is 1470. The molecule has 0 aliphatic heterocycles. The summed E-state index contributed by atoms with van der Waals surface area (Å²) in [5.74, 6) is 0. The van der Waals surface area contributed by atoms with Crippen molar-refractivity contribution in [2.75, 3.05) is 0 Å². The maximum Gasteiger partial charge on any atom is 0.137 e. The van der Waals surface area contributed by atoms with Crippen molar-refractivity contribution in [2.24, 2.45) is 0 Å². The molecular weight excluding hydrogens is 384 g/mol. The van der Waals surface area contributed by atoms with Crippen molar-refractivity contribution < 1.29 is 0 Å². The Morgan fingerprint density at radius 1 is 0.607 bits per heavy atom. The Balaban J connectivity index is 2.47. The van der Waals surface area contributed by atoms with Gasteiger partial charge in [-0.1, -0.05) is 0 Å². The van der Waals surface area contributed by atoms with Gasteiger partial charge in [0.05, 0.1) is 0 Å². The monoisotopic (exact) mass is 394 g/mol. The van der Waals surface area contributed by atoms with Crippen molar-refractivity contribution >= 4 is 64.8 Å². The molecule has 4 nitrogen and oxygen atoms in total. The highest BCUT2D eigenvalue weighted by Gasteiger charge is 2.15. The second-order valence-electron chi connectivity index (χ2n) is 6.34. The molecule has 0 saturated heterocycles. The summed E-state index contributed by atoms with van der Waals surface area (Å²) in [5.41, 5.74) is 0.160. The van der Waals surface area contributed by atoms with Crippen molar-refractivity contribution in [1.82, 2.24) is 0 Å². The molecule has 0 spiro atoms. The molecule has 0 fully saturated rings. The number of hydrogen-bond donors (Lipinski definition) is 0. The number of benzene rings is 2. The Morgan fingerprint density at radius 3 is 1.29 bits per heavy atom. The highest BCUT2D eigenvalue weighted by molar-refractivity contribution is 7.21. The lowest BCUT2D eigenvalue weighted by Crippen LogP contribution is -2.09. The van der Waals surface area contributed by atoms with Crippen LogP contribution in [-0.2, 0) is 0 Å². The summed E-state index contributed by atoms with van der Waals surface area (Å²) in [6, 6.07) is 15.8. The van der Waals surface area contributed by atoms with Crippen molar-refractivity contribution in [3.05, 3.63) is 44.5 Å². The highest BCUT2D eigenvalue weighted by atomic mass is 32.1. The van der Waals surface area contributed by atoms with Crippen molar-refractivity contribution in [3.8, 4) is 24.3 Å². The molecule has 28 heavy (non-hydrogen) atoms. The molecule has 0 aliphatic rings. The molecule has 130 valence electrons. The van der Waals surface area contributed by atoms with Gasteiger partial charge in [-0.25, -0.2) is 0 Å². The summed E-state index contributed by atoms with van der Waals surface area (Å²) < 4.78 is 1.91. The zero-order valence-corrected chi connectivity index (χ0v) is 16.5. The van der Waals surface area contributed by atoms with E-state index in [-0.39, 0.29) is 11.1 Å². The zero-order valence-electron chi connectivity index (χ0n) is 14.9. The topological polar surface area (TPSA) is 95.2 Å². The van der Waals surface area contributed by atoms with Gasteiger partial charge >= 0.3 is 0 Å². The number of nitriles is 4. The van der Waals surface area contributed by atoms with Crippen LogP contribution in [0, 0.1) is 59.2 Å². The molecule has 0 N–H and O–H groups in total. The van der Waals surface area contributed by atoms with Gasteiger partial charge in [0.2, 0.25) is 0 Å². The minimum atomic E-state index is 0.0801. The Kier molecular flexibility index (Phi) is 4.11. The van der Waals surface area contributed by atoms with E-state index in [1.165, 1.54) is 0 Å². The van der Waals surface area contributed by atoms with E-state index in [0.29, 0.717) is 10.4 Å². The fourth-order valence-electron chi connectivity index (χ4n) is 3.51. The van der Waals surface area contributed by atoms with Gasteiger partial charge in [0.1, 0.15) is 35.4 Å². The van der Waals surface area contributed by atoms with Gasteiger partial charge in [0, 0.05) is 51.1 Å². The number of fused-ring (bicyclic) bond motifs is 5. The van der Waals surface area contributed by atoms with Gasteiger partial charge in [-0.2, -0.15) is 21.0 Å². The number of aryl methyl sites for hydroxylation is 2. The molecule has 0 aliphatic carbocycles. The van der Waals surface area contributed by atoms with E-state index in [1.54, 1.807) is 22.7 Å². The molecule has 6 heteroatoms. The lowest BCUT2D eigenvalue weighted by Gasteiger charge is -2.04. The van der Waals surface area contributed by atoms with E-state index in [4.69, 9.17) is 0 Å². The maximum atomic E-state index is 9.44. The van der Waals surface area contributed by atoms with Gasteiger partial charge in [-0.05, 0) is 38.1 Å². The average Bonchev–Trinajstić information content (AvgIpc) is 3.26. The molecule has 0 atom stereocenters. The number of thiophene rings is 2. The SMILES string of the molecule is Cc1cc2c(=C(C#N)C#N)cc3c(cc(=C(C#N)C#N)c4cc(C)sc43)c2s1. The predicted octanol–water partition coefficient (Wildman–Crippen LogP) is 4.28. The van der Waals surface area contributed by atoms with Crippen LogP contribution in [0.15, 0.2) is 24.3 Å². The average molecular weight is 394 g/mol. The normalized spacial score (nSPS) is 10.4. The molecule has 2 heterocycles. The van der Waals surface area contributed by atoms with Gasteiger partial charge in [0.15, 0.2) is 0 Å². The molecule has 0 radical (unpaired) electrons. The summed E-state index contributed by atoms with van der Waals surface area (Å²) in [6.07, 6.45) is 0. The molecule has 2 aromatic carbocycles. The smallest absolute Gasteiger partial charge is 0.137 e. The van der Waals surface area contributed by atoms with Crippen LogP contribution >= 0.6 is 22.7 Å². The third kappa shape index (κ3) is 2.45. The Morgan fingerprint density at radius 2 is 0.964 bits per heavy atom.